The fourth-order valence-electron chi connectivity index (χ4n) is 3.73. The minimum atomic E-state index is -3.62. The van der Waals surface area contributed by atoms with Crippen LogP contribution in [0.15, 0.2) is 46.5 Å². The maximum atomic E-state index is 13.1. The van der Waals surface area contributed by atoms with E-state index in [1.54, 1.807) is 24.4 Å². The normalized spacial score (nSPS) is 15.2. The number of aromatic carboxylic acids is 1. The van der Waals surface area contributed by atoms with Gasteiger partial charge < -0.3 is 14.4 Å². The average Bonchev–Trinajstić information content (AvgIpc) is 3.18. The van der Waals surface area contributed by atoms with Crippen LogP contribution in [-0.2, 0) is 27.1 Å². The van der Waals surface area contributed by atoms with Crippen molar-refractivity contribution in [3.63, 3.8) is 0 Å². The zero-order valence-corrected chi connectivity index (χ0v) is 19.9. The summed E-state index contributed by atoms with van der Waals surface area (Å²) < 4.78 is 35.0. The Kier molecular flexibility index (Phi) is 7.32. The van der Waals surface area contributed by atoms with E-state index in [9.17, 15) is 18.3 Å². The number of pyridine rings is 1. The van der Waals surface area contributed by atoms with Gasteiger partial charge in [-0.15, -0.1) is 0 Å². The zero-order valence-electron chi connectivity index (χ0n) is 18.3. The largest absolute Gasteiger partial charge is 0.478 e. The number of rotatable bonds is 9. The van der Waals surface area contributed by atoms with Crippen LogP contribution in [0.2, 0.25) is 0 Å². The smallest absolute Gasteiger partial charge is 0.338 e. The van der Waals surface area contributed by atoms with Crippen LogP contribution in [0.25, 0.3) is 11.0 Å². The number of aromatic nitrogens is 3. The Bertz CT molecular complexity index is 1250. The van der Waals surface area contributed by atoms with Gasteiger partial charge in [0.25, 0.3) is 0 Å². The molecule has 3 heterocycles. The monoisotopic (exact) mass is 490 g/mol. The van der Waals surface area contributed by atoms with Crippen LogP contribution in [0.4, 0.5) is 0 Å². The maximum Gasteiger partial charge on any atom is 0.338 e. The van der Waals surface area contributed by atoms with Gasteiger partial charge in [-0.2, -0.15) is 4.31 Å². The van der Waals surface area contributed by atoms with E-state index < -0.39 is 16.0 Å². The summed E-state index contributed by atoms with van der Waals surface area (Å²) in [5.41, 5.74) is 1.62. The van der Waals surface area contributed by atoms with E-state index in [1.807, 2.05) is 6.07 Å². The Hall–Kier alpha value is -2.47. The Labute approximate surface area is 196 Å². The molecule has 4 rings (SSSR count). The summed E-state index contributed by atoms with van der Waals surface area (Å²) in [6.07, 6.45) is 3.51. The van der Waals surface area contributed by atoms with Crippen LogP contribution in [0, 0.1) is 0 Å². The number of ether oxygens (including phenoxy) is 1. The molecule has 1 saturated heterocycles. The van der Waals surface area contributed by atoms with Crippen molar-refractivity contribution in [3.8, 4) is 0 Å². The number of carbonyl (C=O) groups is 1. The van der Waals surface area contributed by atoms with E-state index in [2.05, 4.69) is 16.5 Å². The lowest BCUT2D eigenvalue weighted by Crippen LogP contribution is -2.40. The molecule has 0 amide bonds. The first kappa shape index (κ1) is 23.7. The number of hydrogen-bond donors (Lipinski definition) is 1. The van der Waals surface area contributed by atoms with Crippen molar-refractivity contribution >= 4 is 38.8 Å². The molecule has 9 nitrogen and oxygen atoms in total. The van der Waals surface area contributed by atoms with E-state index in [0.717, 1.165) is 30.7 Å². The Balaban J connectivity index is 1.67. The maximum absolute atomic E-state index is 13.1. The fraction of sp³-hybridized carbons (Fsp3) is 0.409. The first-order chi connectivity index (χ1) is 15.9. The van der Waals surface area contributed by atoms with Crippen LogP contribution < -0.4 is 0 Å². The van der Waals surface area contributed by atoms with Crippen molar-refractivity contribution in [1.82, 2.24) is 18.8 Å². The van der Waals surface area contributed by atoms with Crippen LogP contribution in [-0.4, -0.2) is 64.6 Å². The average molecular weight is 491 g/mol. The molecule has 0 aliphatic carbocycles. The molecule has 1 aliphatic rings. The number of sulfonamides is 1. The molecule has 0 spiro atoms. The molecule has 0 bridgehead atoms. The van der Waals surface area contributed by atoms with Gasteiger partial charge in [-0.1, -0.05) is 25.1 Å². The zero-order chi connectivity index (χ0) is 23.4. The predicted molar refractivity (Wildman–Crippen MR) is 125 cm³/mol. The number of unbranched alkanes of at least 4 members (excludes halogenated alkanes) is 1. The van der Waals surface area contributed by atoms with Gasteiger partial charge in [0.1, 0.15) is 10.9 Å². The highest BCUT2D eigenvalue weighted by Gasteiger charge is 2.27. The van der Waals surface area contributed by atoms with Gasteiger partial charge in [0.05, 0.1) is 40.5 Å². The van der Waals surface area contributed by atoms with E-state index in [0.29, 0.717) is 42.6 Å². The summed E-state index contributed by atoms with van der Waals surface area (Å²) >= 11 is 1.31. The number of imidazole rings is 1. The highest BCUT2D eigenvalue weighted by atomic mass is 32.2. The molecule has 0 atom stereocenters. The van der Waals surface area contributed by atoms with Gasteiger partial charge in [-0.05, 0) is 36.8 Å². The van der Waals surface area contributed by atoms with Gasteiger partial charge >= 0.3 is 5.97 Å². The minimum Gasteiger partial charge on any atom is -0.478 e. The Morgan fingerprint density at radius 2 is 2.03 bits per heavy atom. The van der Waals surface area contributed by atoms with Gasteiger partial charge in [0, 0.05) is 25.8 Å². The van der Waals surface area contributed by atoms with Gasteiger partial charge in [-0.3, -0.25) is 0 Å². The molecule has 0 radical (unpaired) electrons. The van der Waals surface area contributed by atoms with Crippen molar-refractivity contribution in [2.45, 2.75) is 42.0 Å². The topological polar surface area (TPSA) is 115 Å². The van der Waals surface area contributed by atoms with Crippen molar-refractivity contribution in [1.29, 1.82) is 0 Å². The molecule has 1 aliphatic heterocycles. The molecular formula is C22H26N4O5S2. The first-order valence-corrected chi connectivity index (χ1v) is 13.2. The number of benzene rings is 1. The third-order valence-corrected chi connectivity index (χ3v) is 8.38. The third-order valence-electron chi connectivity index (χ3n) is 5.48. The molecule has 11 heteroatoms. The van der Waals surface area contributed by atoms with Crippen LogP contribution in [0.3, 0.4) is 0 Å². The summed E-state index contributed by atoms with van der Waals surface area (Å²) in [7, 11) is -3.62. The van der Waals surface area contributed by atoms with Gasteiger partial charge in [0.15, 0.2) is 0 Å². The molecule has 3 aromatic rings. The van der Waals surface area contributed by atoms with E-state index >= 15 is 0 Å². The summed E-state index contributed by atoms with van der Waals surface area (Å²) in [6.45, 7) is 4.30. The third kappa shape index (κ3) is 5.06. The fourth-order valence-corrected chi connectivity index (χ4v) is 6.09. The van der Waals surface area contributed by atoms with E-state index in [1.165, 1.54) is 22.1 Å². The lowest BCUT2D eigenvalue weighted by molar-refractivity contribution is 0.0692. The highest BCUT2D eigenvalue weighted by Crippen LogP contribution is 2.28. The summed E-state index contributed by atoms with van der Waals surface area (Å²) in [5, 5.41) is 9.84. The van der Waals surface area contributed by atoms with Crippen molar-refractivity contribution < 1.29 is 23.1 Å². The highest BCUT2D eigenvalue weighted by molar-refractivity contribution is 7.98. The second kappa shape index (κ2) is 10.2. The molecule has 0 saturated carbocycles. The van der Waals surface area contributed by atoms with Crippen LogP contribution in [0.5, 0.6) is 0 Å². The number of carboxylic acids is 1. The molecular weight excluding hydrogens is 464 g/mol. The number of thioether (sulfide) groups is 1. The number of nitrogens with zero attached hydrogens (tertiary/aromatic N) is 4. The number of carboxylic acid groups (broad SMARTS) is 1. The Morgan fingerprint density at radius 3 is 2.76 bits per heavy atom. The van der Waals surface area contributed by atoms with E-state index in [-0.39, 0.29) is 10.5 Å². The lowest BCUT2D eigenvalue weighted by atomic mass is 10.3. The molecule has 1 fully saturated rings. The molecule has 176 valence electrons. The van der Waals surface area contributed by atoms with Crippen LogP contribution in [0.1, 0.15) is 35.9 Å². The number of hydrogen-bond acceptors (Lipinski definition) is 7. The van der Waals surface area contributed by atoms with Crippen LogP contribution >= 0.6 is 11.8 Å². The second-order valence-electron chi connectivity index (χ2n) is 7.65. The first-order valence-electron chi connectivity index (χ1n) is 10.8. The summed E-state index contributed by atoms with van der Waals surface area (Å²) in [5.74, 6) is 0.149. The van der Waals surface area contributed by atoms with Crippen molar-refractivity contribution in [2.24, 2.45) is 0 Å². The Morgan fingerprint density at radius 1 is 1.24 bits per heavy atom. The molecule has 1 N–H and O–H groups in total. The molecule has 0 unspecified atom stereocenters. The van der Waals surface area contributed by atoms with Gasteiger partial charge in [0.2, 0.25) is 10.0 Å². The number of aryl methyl sites for hydroxylation is 1. The lowest BCUT2D eigenvalue weighted by Gasteiger charge is -2.26. The summed E-state index contributed by atoms with van der Waals surface area (Å²) in [4.78, 5) is 20.7. The van der Waals surface area contributed by atoms with Crippen molar-refractivity contribution in [2.75, 3.05) is 26.3 Å². The molecule has 33 heavy (non-hydrogen) atoms. The van der Waals surface area contributed by atoms with E-state index in [4.69, 9.17) is 9.72 Å². The summed E-state index contributed by atoms with van der Waals surface area (Å²) in [6, 6.07) is 8.19. The standard InChI is InChI=1S/C22H26N4O5S2/c1-2-3-9-26-19-7-6-16(33(29,30)25-10-12-31-13-11-25)14-18(19)24-20(26)15-32-21-17(22(27)28)5-4-8-23-21/h4-8,14H,2-3,9-13,15H2,1H3,(H,27,28). The number of morpholine rings is 1. The number of fused-ring (bicyclic) bond motifs is 1. The second-order valence-corrected chi connectivity index (χ2v) is 10.6. The minimum absolute atomic E-state index is 0.151. The molecule has 2 aromatic heterocycles. The SMILES string of the molecule is CCCCn1c(CSc2ncccc2C(=O)O)nc2cc(S(=O)(=O)N3CCOCC3)ccc21. The quantitative estimate of drug-likeness (QED) is 0.455. The molecule has 1 aromatic carbocycles. The van der Waals surface area contributed by atoms with Gasteiger partial charge in [-0.25, -0.2) is 23.2 Å². The predicted octanol–water partition coefficient (Wildman–Crippen LogP) is 3.24. The van der Waals surface area contributed by atoms with Crippen molar-refractivity contribution in [3.05, 3.63) is 47.9 Å².